The maximum Gasteiger partial charge on any atom is 0.201 e. The molecule has 1 saturated carbocycles. The average molecular weight is 426 g/mol. The Morgan fingerprint density at radius 2 is 1.84 bits per heavy atom. The van der Waals surface area contributed by atoms with E-state index in [9.17, 15) is 0 Å². The standard InChI is InChI=1S/C24H31N3O4/c1-14-5-8-17(9-6-14)20-13-27(26-25-20)21-16(3)19-10-7-15(2)18-11-12-23(4)29-22(28-21)24(18,19)31-30-23/h5-6,8-9,13,15-16,18-19,21-22H,7,10-12H2,1-4H3/t15-,16-,18+,19+,21-,22-,23+,24-/m1/s1. The van der Waals surface area contributed by atoms with Crippen molar-refractivity contribution in [3.05, 3.63) is 36.0 Å². The van der Waals surface area contributed by atoms with Crippen molar-refractivity contribution in [2.75, 3.05) is 0 Å². The van der Waals surface area contributed by atoms with Crippen LogP contribution in [0.5, 0.6) is 0 Å². The van der Waals surface area contributed by atoms with Gasteiger partial charge in [-0.3, -0.25) is 0 Å². The van der Waals surface area contributed by atoms with Crippen LogP contribution in [0, 0.1) is 30.6 Å². The highest BCUT2D eigenvalue weighted by molar-refractivity contribution is 5.57. The van der Waals surface area contributed by atoms with Gasteiger partial charge in [0, 0.05) is 23.8 Å². The molecule has 5 fully saturated rings. The lowest BCUT2D eigenvalue weighted by atomic mass is 9.58. The van der Waals surface area contributed by atoms with Crippen molar-refractivity contribution in [3.63, 3.8) is 0 Å². The molecule has 4 saturated heterocycles. The summed E-state index contributed by atoms with van der Waals surface area (Å²) in [5.74, 6) is 0.611. The molecule has 0 N–H and O–H groups in total. The van der Waals surface area contributed by atoms with Gasteiger partial charge in [0.25, 0.3) is 0 Å². The third kappa shape index (κ3) is 2.86. The first-order valence-corrected chi connectivity index (χ1v) is 11.6. The van der Waals surface area contributed by atoms with Gasteiger partial charge in [-0.25, -0.2) is 14.5 Å². The van der Waals surface area contributed by atoms with Crippen LogP contribution in [0.3, 0.4) is 0 Å². The first kappa shape index (κ1) is 19.9. The second-order valence-corrected chi connectivity index (χ2v) is 10.2. The monoisotopic (exact) mass is 425 g/mol. The topological polar surface area (TPSA) is 67.6 Å². The summed E-state index contributed by atoms with van der Waals surface area (Å²) in [4.78, 5) is 12.1. The van der Waals surface area contributed by atoms with E-state index >= 15 is 0 Å². The fraction of sp³-hybridized carbons (Fsp3) is 0.667. The number of hydrogen-bond acceptors (Lipinski definition) is 6. The summed E-state index contributed by atoms with van der Waals surface area (Å²) in [5.41, 5.74) is 2.57. The number of fused-ring (bicyclic) bond motifs is 2. The third-order valence-corrected chi connectivity index (χ3v) is 8.24. The van der Waals surface area contributed by atoms with Crippen LogP contribution in [0.4, 0.5) is 0 Å². The second-order valence-electron chi connectivity index (χ2n) is 10.2. The van der Waals surface area contributed by atoms with E-state index in [0.717, 1.165) is 30.5 Å². The summed E-state index contributed by atoms with van der Waals surface area (Å²) >= 11 is 0. The van der Waals surface area contributed by atoms with Crippen LogP contribution in [0.15, 0.2) is 30.5 Å². The molecule has 1 aliphatic carbocycles. The van der Waals surface area contributed by atoms with Crippen molar-refractivity contribution in [1.82, 2.24) is 15.0 Å². The second kappa shape index (κ2) is 6.85. The largest absolute Gasteiger partial charge is 0.324 e. The highest BCUT2D eigenvalue weighted by atomic mass is 17.3. The van der Waals surface area contributed by atoms with Gasteiger partial charge in [0.2, 0.25) is 5.79 Å². The summed E-state index contributed by atoms with van der Waals surface area (Å²) in [6, 6.07) is 8.34. The van der Waals surface area contributed by atoms with Gasteiger partial charge in [0.1, 0.15) is 5.69 Å². The van der Waals surface area contributed by atoms with Gasteiger partial charge in [0.15, 0.2) is 18.1 Å². The van der Waals surface area contributed by atoms with E-state index < -0.39 is 17.7 Å². The van der Waals surface area contributed by atoms with Gasteiger partial charge in [-0.2, -0.15) is 0 Å². The lowest BCUT2D eigenvalue weighted by molar-refractivity contribution is -0.574. The Balaban J connectivity index is 1.36. The smallest absolute Gasteiger partial charge is 0.201 e. The molecular weight excluding hydrogens is 394 g/mol. The molecule has 2 aromatic rings. The first-order valence-electron chi connectivity index (χ1n) is 11.6. The predicted octanol–water partition coefficient (Wildman–Crippen LogP) is 4.63. The van der Waals surface area contributed by atoms with Gasteiger partial charge >= 0.3 is 0 Å². The minimum Gasteiger partial charge on any atom is -0.324 e. The van der Waals surface area contributed by atoms with E-state index in [-0.39, 0.29) is 18.1 Å². The fourth-order valence-electron chi connectivity index (χ4n) is 6.45. The first-order chi connectivity index (χ1) is 14.9. The van der Waals surface area contributed by atoms with Crippen LogP contribution in [-0.2, 0) is 19.2 Å². The summed E-state index contributed by atoms with van der Waals surface area (Å²) in [7, 11) is 0. The zero-order valence-electron chi connectivity index (χ0n) is 18.7. The summed E-state index contributed by atoms with van der Waals surface area (Å²) < 4.78 is 15.0. The Morgan fingerprint density at radius 1 is 1.03 bits per heavy atom. The van der Waals surface area contributed by atoms with Crippen LogP contribution in [0.25, 0.3) is 11.3 Å². The van der Waals surface area contributed by atoms with Gasteiger partial charge in [-0.15, -0.1) is 5.10 Å². The van der Waals surface area contributed by atoms with Crippen LogP contribution in [0.2, 0.25) is 0 Å². The van der Waals surface area contributed by atoms with Crippen LogP contribution >= 0.6 is 0 Å². The van der Waals surface area contributed by atoms with E-state index in [1.807, 2.05) is 17.8 Å². The van der Waals surface area contributed by atoms with E-state index in [1.165, 1.54) is 12.0 Å². The summed E-state index contributed by atoms with van der Waals surface area (Å²) in [5, 5.41) is 8.90. The van der Waals surface area contributed by atoms with Gasteiger partial charge in [0.05, 0.1) is 6.20 Å². The van der Waals surface area contributed by atoms with Crippen molar-refractivity contribution in [3.8, 4) is 11.3 Å². The van der Waals surface area contributed by atoms with Crippen LogP contribution in [-0.4, -0.2) is 32.7 Å². The zero-order chi connectivity index (χ0) is 21.4. The van der Waals surface area contributed by atoms with E-state index in [4.69, 9.17) is 19.2 Å². The number of aryl methyl sites for hydroxylation is 1. The fourth-order valence-corrected chi connectivity index (χ4v) is 6.45. The highest BCUT2D eigenvalue weighted by Gasteiger charge is 2.69. The highest BCUT2D eigenvalue weighted by Crippen LogP contribution is 2.61. The SMILES string of the molecule is Cc1ccc(-c2cn([C@@H]3O[C@@H]4O[C@]5(C)CC[C@H]6[C@H](C)CC[C@@H]([C@H]3C)[C@@]46OO5)nn2)cc1. The predicted molar refractivity (Wildman–Crippen MR) is 112 cm³/mol. The van der Waals surface area contributed by atoms with E-state index in [2.05, 4.69) is 55.3 Å². The average Bonchev–Trinajstić information content (AvgIpc) is 3.13. The van der Waals surface area contributed by atoms with E-state index in [1.54, 1.807) is 0 Å². The molecule has 1 aromatic carbocycles. The van der Waals surface area contributed by atoms with Crippen molar-refractivity contribution in [2.45, 2.75) is 77.3 Å². The molecule has 8 atom stereocenters. The Bertz CT molecular complexity index is 977. The van der Waals surface area contributed by atoms with Crippen LogP contribution < -0.4 is 0 Å². The number of aromatic nitrogens is 3. The molecule has 5 aliphatic rings. The minimum absolute atomic E-state index is 0.188. The van der Waals surface area contributed by atoms with E-state index in [0.29, 0.717) is 11.8 Å². The van der Waals surface area contributed by atoms with Crippen LogP contribution in [0.1, 0.15) is 58.2 Å². The zero-order valence-corrected chi connectivity index (χ0v) is 18.7. The van der Waals surface area contributed by atoms with Crippen molar-refractivity contribution >= 4 is 0 Å². The molecule has 2 bridgehead atoms. The number of benzene rings is 1. The molecule has 7 heteroatoms. The Labute approximate surface area is 182 Å². The van der Waals surface area contributed by atoms with Crippen molar-refractivity contribution in [1.29, 1.82) is 0 Å². The quantitative estimate of drug-likeness (QED) is 0.654. The van der Waals surface area contributed by atoms with Gasteiger partial charge in [-0.1, -0.05) is 48.9 Å². The number of ether oxygens (including phenoxy) is 2. The molecule has 0 unspecified atom stereocenters. The maximum absolute atomic E-state index is 6.64. The molecule has 1 aromatic heterocycles. The molecule has 7 rings (SSSR count). The number of nitrogens with zero attached hydrogens (tertiary/aromatic N) is 3. The number of hydrogen-bond donors (Lipinski definition) is 0. The molecular formula is C24H31N3O4. The maximum atomic E-state index is 6.64. The summed E-state index contributed by atoms with van der Waals surface area (Å²) in [6.45, 7) is 8.61. The Kier molecular flexibility index (Phi) is 4.39. The van der Waals surface area contributed by atoms with Gasteiger partial charge in [-0.05, 0) is 44.9 Å². The lowest BCUT2D eigenvalue weighted by Crippen LogP contribution is -2.69. The number of rotatable bonds is 2. The van der Waals surface area contributed by atoms with Gasteiger partial charge < -0.3 is 9.47 Å². The molecule has 5 heterocycles. The molecule has 7 nitrogen and oxygen atoms in total. The minimum atomic E-state index is -0.766. The molecule has 0 amide bonds. The third-order valence-electron chi connectivity index (χ3n) is 8.24. The van der Waals surface area contributed by atoms with Crippen molar-refractivity contribution < 1.29 is 19.2 Å². The molecule has 0 radical (unpaired) electrons. The Morgan fingerprint density at radius 3 is 2.65 bits per heavy atom. The summed E-state index contributed by atoms with van der Waals surface area (Å²) in [6.07, 6.45) is 5.36. The van der Waals surface area contributed by atoms with Crippen molar-refractivity contribution in [2.24, 2.45) is 23.7 Å². The molecule has 4 aliphatic heterocycles. The Hall–Kier alpha value is -1.80. The molecule has 1 spiro atoms. The molecule has 31 heavy (non-hydrogen) atoms. The lowest BCUT2D eigenvalue weighted by Gasteiger charge is -2.60. The normalized spacial score (nSPS) is 44.0. The molecule has 166 valence electrons.